The molecule has 2 aromatic heterocycles. The van der Waals surface area contributed by atoms with E-state index < -0.39 is 0 Å². The minimum atomic E-state index is -0.266. The largest absolute Gasteiger partial charge is 0.299 e. The zero-order chi connectivity index (χ0) is 13.2. The van der Waals surface area contributed by atoms with Gasteiger partial charge in [0.25, 0.3) is 5.56 Å². The number of azo groups is 1. The summed E-state index contributed by atoms with van der Waals surface area (Å²) in [6.07, 6.45) is 3.25. The molecule has 2 rings (SSSR count). The van der Waals surface area contributed by atoms with Crippen LogP contribution in [0.3, 0.4) is 0 Å². The molecule has 2 N–H and O–H groups in total. The highest BCUT2D eigenvalue weighted by molar-refractivity contribution is 5.44. The van der Waals surface area contributed by atoms with Crippen molar-refractivity contribution in [2.75, 3.05) is 0 Å². The fourth-order valence-corrected chi connectivity index (χ4v) is 1.51. The number of H-pyrrole nitrogens is 2. The molecule has 0 aliphatic carbocycles. The van der Waals surface area contributed by atoms with Crippen molar-refractivity contribution in [3.63, 3.8) is 0 Å². The Morgan fingerprint density at radius 2 is 1.78 bits per heavy atom. The quantitative estimate of drug-likeness (QED) is 0.797. The van der Waals surface area contributed by atoms with Gasteiger partial charge in [-0.25, -0.2) is 0 Å². The number of rotatable bonds is 2. The smallest absolute Gasteiger partial charge is 0.292 e. The molecular formula is C12H15N5O. The van der Waals surface area contributed by atoms with Crippen LogP contribution in [0.2, 0.25) is 0 Å². The van der Waals surface area contributed by atoms with Crippen LogP contribution in [0.1, 0.15) is 26.5 Å². The van der Waals surface area contributed by atoms with Gasteiger partial charge in [-0.05, 0) is 12.1 Å². The molecule has 6 nitrogen and oxygen atoms in total. The lowest BCUT2D eigenvalue weighted by molar-refractivity contribution is 0.567. The molecular weight excluding hydrogens is 230 g/mol. The average Bonchev–Trinajstić information content (AvgIpc) is 2.69. The lowest BCUT2D eigenvalue weighted by Gasteiger charge is -2.15. The second-order valence-corrected chi connectivity index (χ2v) is 4.96. The van der Waals surface area contributed by atoms with Crippen LogP contribution >= 0.6 is 0 Å². The zero-order valence-corrected chi connectivity index (χ0v) is 10.6. The highest BCUT2D eigenvalue weighted by Gasteiger charge is 2.22. The van der Waals surface area contributed by atoms with Gasteiger partial charge < -0.3 is 0 Å². The summed E-state index contributed by atoms with van der Waals surface area (Å²) in [6, 6.07) is 3.45. The predicted octanol–water partition coefficient (Wildman–Crippen LogP) is 2.81. The van der Waals surface area contributed by atoms with Crippen molar-refractivity contribution < 1.29 is 0 Å². The predicted molar refractivity (Wildman–Crippen MR) is 68.5 cm³/mol. The lowest BCUT2D eigenvalue weighted by atomic mass is 9.91. The Labute approximate surface area is 104 Å². The molecule has 0 aromatic carbocycles. The highest BCUT2D eigenvalue weighted by atomic mass is 16.1. The number of hydrogen-bond donors (Lipinski definition) is 2. The van der Waals surface area contributed by atoms with Crippen LogP contribution in [0, 0.1) is 0 Å². The summed E-state index contributed by atoms with van der Waals surface area (Å²) in [5, 5.41) is 13.4. The second-order valence-electron chi connectivity index (χ2n) is 4.96. The van der Waals surface area contributed by atoms with Gasteiger partial charge >= 0.3 is 0 Å². The van der Waals surface area contributed by atoms with E-state index in [1.807, 2.05) is 20.8 Å². The molecule has 0 fully saturated rings. The van der Waals surface area contributed by atoms with Crippen molar-refractivity contribution in [2.24, 2.45) is 10.2 Å². The van der Waals surface area contributed by atoms with E-state index in [-0.39, 0.29) is 11.0 Å². The van der Waals surface area contributed by atoms with Gasteiger partial charge in [0.1, 0.15) is 0 Å². The van der Waals surface area contributed by atoms with E-state index in [1.165, 1.54) is 0 Å². The molecule has 0 amide bonds. The monoisotopic (exact) mass is 245 g/mol. The van der Waals surface area contributed by atoms with Crippen LogP contribution in [0.25, 0.3) is 0 Å². The number of nitrogens with zero attached hydrogens (tertiary/aromatic N) is 3. The first-order valence-corrected chi connectivity index (χ1v) is 5.61. The summed E-state index contributed by atoms with van der Waals surface area (Å²) in [6.45, 7) is 5.99. The first-order valence-electron chi connectivity index (χ1n) is 5.61. The van der Waals surface area contributed by atoms with Gasteiger partial charge in [-0.2, -0.15) is 5.11 Å². The number of pyridine rings is 1. The van der Waals surface area contributed by atoms with Crippen LogP contribution in [0.5, 0.6) is 0 Å². The molecule has 0 saturated heterocycles. The summed E-state index contributed by atoms with van der Waals surface area (Å²) < 4.78 is 0. The van der Waals surface area contributed by atoms with Crippen molar-refractivity contribution in [3.8, 4) is 0 Å². The Bertz CT molecular complexity index is 603. The van der Waals surface area contributed by atoms with Crippen molar-refractivity contribution in [2.45, 2.75) is 26.2 Å². The first kappa shape index (κ1) is 12.2. The SMILES string of the molecule is CC(C)(C)c1[nH][nH]c(=O)c1N=Nc1ccncc1. The van der Waals surface area contributed by atoms with Crippen molar-refractivity contribution in [1.29, 1.82) is 0 Å². The summed E-state index contributed by atoms with van der Waals surface area (Å²) >= 11 is 0. The van der Waals surface area contributed by atoms with E-state index in [2.05, 4.69) is 25.4 Å². The van der Waals surface area contributed by atoms with Crippen molar-refractivity contribution in [1.82, 2.24) is 15.2 Å². The van der Waals surface area contributed by atoms with E-state index in [1.54, 1.807) is 24.5 Å². The van der Waals surface area contributed by atoms with E-state index in [0.717, 1.165) is 5.69 Å². The fourth-order valence-electron chi connectivity index (χ4n) is 1.51. The fraction of sp³-hybridized carbons (Fsp3) is 0.333. The molecule has 0 aliphatic rings. The average molecular weight is 245 g/mol. The normalized spacial score (nSPS) is 12.2. The summed E-state index contributed by atoms with van der Waals surface area (Å²) in [5.74, 6) is 0. The number of aromatic nitrogens is 3. The third-order valence-corrected chi connectivity index (χ3v) is 2.43. The van der Waals surface area contributed by atoms with Gasteiger partial charge in [0, 0.05) is 17.8 Å². The number of aromatic amines is 2. The molecule has 0 radical (unpaired) electrons. The van der Waals surface area contributed by atoms with Crippen LogP contribution in [0.15, 0.2) is 39.5 Å². The lowest BCUT2D eigenvalue weighted by Crippen LogP contribution is -2.12. The number of hydrogen-bond acceptors (Lipinski definition) is 4. The summed E-state index contributed by atoms with van der Waals surface area (Å²) in [5.41, 5.74) is 1.25. The minimum absolute atomic E-state index is 0.203. The highest BCUT2D eigenvalue weighted by Crippen LogP contribution is 2.27. The van der Waals surface area contributed by atoms with Gasteiger partial charge in [-0.15, -0.1) is 5.11 Å². The Morgan fingerprint density at radius 1 is 1.11 bits per heavy atom. The van der Waals surface area contributed by atoms with Crippen molar-refractivity contribution >= 4 is 11.4 Å². The van der Waals surface area contributed by atoms with Gasteiger partial charge in [-0.3, -0.25) is 20.0 Å². The Hall–Kier alpha value is -2.24. The van der Waals surface area contributed by atoms with E-state index >= 15 is 0 Å². The maximum Gasteiger partial charge on any atom is 0.292 e. The van der Waals surface area contributed by atoms with Crippen LogP contribution in [0.4, 0.5) is 11.4 Å². The van der Waals surface area contributed by atoms with Crippen LogP contribution in [-0.2, 0) is 5.41 Å². The molecule has 0 spiro atoms. The molecule has 6 heteroatoms. The van der Waals surface area contributed by atoms with E-state index in [9.17, 15) is 4.79 Å². The molecule has 0 atom stereocenters. The minimum Gasteiger partial charge on any atom is -0.299 e. The standard InChI is InChI=1S/C12H15N5O/c1-12(2,3)10-9(11(18)17-16-10)15-14-8-4-6-13-7-5-8/h4-7H,1-3H3,(H2,16,17,18). The van der Waals surface area contributed by atoms with E-state index in [0.29, 0.717) is 11.4 Å². The van der Waals surface area contributed by atoms with Crippen LogP contribution < -0.4 is 5.56 Å². The molecule has 2 heterocycles. The third kappa shape index (κ3) is 2.53. The first-order chi connectivity index (χ1) is 8.48. The topological polar surface area (TPSA) is 86.3 Å². The van der Waals surface area contributed by atoms with Gasteiger partial charge in [0.2, 0.25) is 0 Å². The molecule has 2 aromatic rings. The Kier molecular flexibility index (Phi) is 3.10. The van der Waals surface area contributed by atoms with E-state index in [4.69, 9.17) is 0 Å². The van der Waals surface area contributed by atoms with Crippen molar-refractivity contribution in [3.05, 3.63) is 40.6 Å². The summed E-state index contributed by atoms with van der Waals surface area (Å²) in [4.78, 5) is 15.5. The molecule has 0 saturated carbocycles. The Morgan fingerprint density at radius 3 is 2.39 bits per heavy atom. The molecule has 18 heavy (non-hydrogen) atoms. The third-order valence-electron chi connectivity index (χ3n) is 2.43. The van der Waals surface area contributed by atoms with Crippen LogP contribution in [-0.4, -0.2) is 15.2 Å². The molecule has 0 unspecified atom stereocenters. The second kappa shape index (κ2) is 4.56. The molecule has 0 bridgehead atoms. The Balaban J connectivity index is 2.38. The van der Waals surface area contributed by atoms with Gasteiger partial charge in [0.15, 0.2) is 5.69 Å². The zero-order valence-electron chi connectivity index (χ0n) is 10.6. The maximum atomic E-state index is 11.7. The molecule has 94 valence electrons. The maximum absolute atomic E-state index is 11.7. The number of nitrogens with one attached hydrogen (secondary N) is 2. The summed E-state index contributed by atoms with van der Waals surface area (Å²) in [7, 11) is 0. The van der Waals surface area contributed by atoms with Gasteiger partial charge in [0.05, 0.1) is 11.4 Å². The molecule has 0 aliphatic heterocycles. The van der Waals surface area contributed by atoms with Gasteiger partial charge in [-0.1, -0.05) is 20.8 Å².